The molecule has 1 aliphatic rings. The SMILES string of the molecule is O=C(c1cnc2c(cnn2Cc2ccccc2)c1)N1CCCCCC1c1ccncc1. The summed E-state index contributed by atoms with van der Waals surface area (Å²) in [5.41, 5.74) is 3.73. The van der Waals surface area contributed by atoms with Crippen LogP contribution < -0.4 is 0 Å². The van der Waals surface area contributed by atoms with Crippen molar-refractivity contribution in [2.24, 2.45) is 0 Å². The summed E-state index contributed by atoms with van der Waals surface area (Å²) in [6.45, 7) is 1.41. The topological polar surface area (TPSA) is 63.9 Å². The van der Waals surface area contributed by atoms with Gasteiger partial charge in [-0.3, -0.25) is 9.78 Å². The summed E-state index contributed by atoms with van der Waals surface area (Å²) in [5.74, 6) is 0.0360. The van der Waals surface area contributed by atoms with E-state index in [9.17, 15) is 4.79 Å². The van der Waals surface area contributed by atoms with E-state index in [1.165, 1.54) is 5.56 Å². The first-order chi connectivity index (χ1) is 15.3. The van der Waals surface area contributed by atoms with E-state index in [4.69, 9.17) is 0 Å². The van der Waals surface area contributed by atoms with Crippen LogP contribution in [0.3, 0.4) is 0 Å². The minimum atomic E-state index is 0.0360. The quantitative estimate of drug-likeness (QED) is 0.491. The number of hydrogen-bond donors (Lipinski definition) is 0. The average Bonchev–Trinajstić information content (AvgIpc) is 3.05. The molecule has 1 aliphatic heterocycles. The van der Waals surface area contributed by atoms with E-state index in [1.807, 2.05) is 46.0 Å². The van der Waals surface area contributed by atoms with Crippen LogP contribution in [0.2, 0.25) is 0 Å². The summed E-state index contributed by atoms with van der Waals surface area (Å²) in [5, 5.41) is 5.39. The Morgan fingerprint density at radius 3 is 2.68 bits per heavy atom. The highest BCUT2D eigenvalue weighted by Gasteiger charge is 2.28. The molecule has 1 atom stereocenters. The maximum absolute atomic E-state index is 13.5. The van der Waals surface area contributed by atoms with E-state index in [-0.39, 0.29) is 11.9 Å². The van der Waals surface area contributed by atoms with E-state index >= 15 is 0 Å². The number of benzene rings is 1. The molecule has 0 spiro atoms. The Labute approximate surface area is 181 Å². The number of likely N-dealkylation sites (tertiary alicyclic amines) is 1. The van der Waals surface area contributed by atoms with Crippen molar-refractivity contribution in [3.05, 3.63) is 90.0 Å². The fraction of sp³-hybridized carbons (Fsp3) is 0.280. The molecule has 6 heteroatoms. The van der Waals surface area contributed by atoms with Crippen LogP contribution in [0, 0.1) is 0 Å². The monoisotopic (exact) mass is 411 g/mol. The number of carbonyl (C=O) groups is 1. The van der Waals surface area contributed by atoms with Gasteiger partial charge < -0.3 is 4.90 Å². The summed E-state index contributed by atoms with van der Waals surface area (Å²) in [7, 11) is 0. The van der Waals surface area contributed by atoms with Crippen LogP contribution in [0.15, 0.2) is 73.3 Å². The van der Waals surface area contributed by atoms with E-state index in [0.29, 0.717) is 12.1 Å². The summed E-state index contributed by atoms with van der Waals surface area (Å²) in [6.07, 6.45) is 11.4. The van der Waals surface area contributed by atoms with Crippen LogP contribution in [0.4, 0.5) is 0 Å². The van der Waals surface area contributed by atoms with Crippen LogP contribution >= 0.6 is 0 Å². The molecule has 1 saturated heterocycles. The molecule has 4 aromatic rings. The molecule has 6 nitrogen and oxygen atoms in total. The molecule has 156 valence electrons. The van der Waals surface area contributed by atoms with E-state index < -0.39 is 0 Å². The molecule has 1 amide bonds. The Kier molecular flexibility index (Phi) is 5.44. The summed E-state index contributed by atoms with van der Waals surface area (Å²) in [4.78, 5) is 24.3. The number of nitrogens with zero attached hydrogens (tertiary/aromatic N) is 5. The minimum Gasteiger partial charge on any atom is -0.332 e. The normalized spacial score (nSPS) is 16.9. The second-order valence-corrected chi connectivity index (χ2v) is 8.07. The highest BCUT2D eigenvalue weighted by Crippen LogP contribution is 2.31. The molecular formula is C25H25N5O. The fourth-order valence-corrected chi connectivity index (χ4v) is 4.41. The van der Waals surface area contributed by atoms with Gasteiger partial charge in [0.15, 0.2) is 5.65 Å². The number of rotatable bonds is 4. The predicted molar refractivity (Wildman–Crippen MR) is 120 cm³/mol. The molecule has 1 fully saturated rings. The molecule has 1 aromatic carbocycles. The Morgan fingerprint density at radius 2 is 1.84 bits per heavy atom. The summed E-state index contributed by atoms with van der Waals surface area (Å²) < 4.78 is 1.88. The van der Waals surface area contributed by atoms with Gasteiger partial charge in [0.25, 0.3) is 5.91 Å². The van der Waals surface area contributed by atoms with Crippen molar-refractivity contribution in [1.29, 1.82) is 0 Å². The molecule has 4 heterocycles. The molecule has 0 bridgehead atoms. The lowest BCUT2D eigenvalue weighted by atomic mass is 10.0. The zero-order valence-electron chi connectivity index (χ0n) is 17.4. The van der Waals surface area contributed by atoms with Crippen LogP contribution in [-0.4, -0.2) is 37.1 Å². The molecule has 0 aliphatic carbocycles. The van der Waals surface area contributed by atoms with Crippen molar-refractivity contribution in [2.45, 2.75) is 38.3 Å². The van der Waals surface area contributed by atoms with Crippen molar-refractivity contribution in [1.82, 2.24) is 24.6 Å². The first kappa shape index (κ1) is 19.4. The van der Waals surface area contributed by atoms with Gasteiger partial charge in [-0.1, -0.05) is 43.2 Å². The Morgan fingerprint density at radius 1 is 1.00 bits per heavy atom. The number of aromatic nitrogens is 4. The number of carbonyl (C=O) groups excluding carboxylic acids is 1. The van der Waals surface area contributed by atoms with Crippen molar-refractivity contribution in [3.63, 3.8) is 0 Å². The maximum atomic E-state index is 13.5. The van der Waals surface area contributed by atoms with Gasteiger partial charge in [-0.2, -0.15) is 5.10 Å². The first-order valence-electron chi connectivity index (χ1n) is 10.9. The first-order valence-corrected chi connectivity index (χ1v) is 10.9. The number of amides is 1. The second-order valence-electron chi connectivity index (χ2n) is 8.07. The maximum Gasteiger partial charge on any atom is 0.255 e. The van der Waals surface area contributed by atoms with Crippen LogP contribution in [-0.2, 0) is 6.54 Å². The highest BCUT2D eigenvalue weighted by atomic mass is 16.2. The molecule has 31 heavy (non-hydrogen) atoms. The Balaban J connectivity index is 1.43. The molecule has 1 unspecified atom stereocenters. The van der Waals surface area contributed by atoms with Gasteiger partial charge in [-0.15, -0.1) is 0 Å². The van der Waals surface area contributed by atoms with Crippen LogP contribution in [0.25, 0.3) is 11.0 Å². The predicted octanol–water partition coefficient (Wildman–Crippen LogP) is 4.63. The molecule has 0 N–H and O–H groups in total. The lowest BCUT2D eigenvalue weighted by Crippen LogP contribution is -2.34. The second kappa shape index (κ2) is 8.68. The average molecular weight is 412 g/mol. The third kappa shape index (κ3) is 4.06. The van der Waals surface area contributed by atoms with Crippen LogP contribution in [0.5, 0.6) is 0 Å². The standard InChI is InChI=1S/C25H25N5O/c31-25(29-14-6-2-5-9-23(29)20-10-12-26-13-11-20)22-15-21-17-28-30(24(21)27-16-22)18-19-7-3-1-4-8-19/h1,3-4,7-8,10-13,15-17,23H,2,5-6,9,14,18H2. The molecule has 5 rings (SSSR count). The number of hydrogen-bond acceptors (Lipinski definition) is 4. The lowest BCUT2D eigenvalue weighted by molar-refractivity contribution is 0.0680. The lowest BCUT2D eigenvalue weighted by Gasteiger charge is -2.30. The van der Waals surface area contributed by atoms with Crippen molar-refractivity contribution in [2.75, 3.05) is 6.54 Å². The third-order valence-corrected chi connectivity index (χ3v) is 6.00. The largest absolute Gasteiger partial charge is 0.332 e. The molecule has 0 saturated carbocycles. The minimum absolute atomic E-state index is 0.0360. The van der Waals surface area contributed by atoms with Gasteiger partial charge in [-0.05, 0) is 42.2 Å². The highest BCUT2D eigenvalue weighted by molar-refractivity contribution is 5.97. The van der Waals surface area contributed by atoms with Gasteiger partial charge in [0.05, 0.1) is 24.3 Å². The van der Waals surface area contributed by atoms with E-state index in [1.54, 1.807) is 24.8 Å². The number of pyridine rings is 2. The van der Waals surface area contributed by atoms with Crippen molar-refractivity contribution < 1.29 is 4.79 Å². The molecule has 3 aromatic heterocycles. The van der Waals surface area contributed by atoms with Crippen molar-refractivity contribution in [3.8, 4) is 0 Å². The molecular weight excluding hydrogens is 386 g/mol. The van der Waals surface area contributed by atoms with Crippen LogP contribution in [0.1, 0.15) is 53.2 Å². The van der Waals surface area contributed by atoms with Gasteiger partial charge >= 0.3 is 0 Å². The summed E-state index contributed by atoms with van der Waals surface area (Å²) >= 11 is 0. The third-order valence-electron chi connectivity index (χ3n) is 6.00. The Hall–Kier alpha value is -3.54. The summed E-state index contributed by atoms with van der Waals surface area (Å²) in [6, 6.07) is 16.2. The van der Waals surface area contributed by atoms with E-state index in [0.717, 1.165) is 48.8 Å². The zero-order valence-corrected chi connectivity index (χ0v) is 17.4. The number of fused-ring (bicyclic) bond motifs is 1. The zero-order chi connectivity index (χ0) is 21.0. The van der Waals surface area contributed by atoms with Gasteiger partial charge in [-0.25, -0.2) is 9.67 Å². The van der Waals surface area contributed by atoms with Crippen molar-refractivity contribution >= 4 is 16.9 Å². The fourth-order valence-electron chi connectivity index (χ4n) is 4.41. The van der Waals surface area contributed by atoms with Gasteiger partial charge in [0, 0.05) is 30.5 Å². The van der Waals surface area contributed by atoms with E-state index in [2.05, 4.69) is 27.2 Å². The Bertz CT molecular complexity index is 1170. The van der Waals surface area contributed by atoms with Gasteiger partial charge in [0.1, 0.15) is 0 Å². The smallest absolute Gasteiger partial charge is 0.255 e. The van der Waals surface area contributed by atoms with Gasteiger partial charge in [0.2, 0.25) is 0 Å². The molecule has 0 radical (unpaired) electrons.